The van der Waals surface area contributed by atoms with Crippen molar-refractivity contribution in [2.24, 2.45) is 0 Å². The normalized spacial score (nSPS) is 12.9. The topological polar surface area (TPSA) is 61.4 Å². The third-order valence-corrected chi connectivity index (χ3v) is 7.09. The van der Waals surface area contributed by atoms with Gasteiger partial charge < -0.3 is 0 Å². The molecular weight excluding hydrogens is 396 g/mol. The second kappa shape index (κ2) is 7.12. The summed E-state index contributed by atoms with van der Waals surface area (Å²) >= 11 is 0. The molecule has 0 amide bonds. The lowest BCUT2D eigenvalue weighted by Gasteiger charge is -2.28. The number of nitrogens with zero attached hydrogens (tertiary/aromatic N) is 6. The van der Waals surface area contributed by atoms with Gasteiger partial charge in [-0.25, -0.2) is 9.36 Å². The summed E-state index contributed by atoms with van der Waals surface area (Å²) in [5, 5.41) is 18.8. The second-order valence-electron chi connectivity index (χ2n) is 9.82. The molecule has 0 aliphatic heterocycles. The highest BCUT2D eigenvalue weighted by Gasteiger charge is 2.35. The Bertz CT molecular complexity index is 1210. The molecule has 0 saturated carbocycles. The summed E-state index contributed by atoms with van der Waals surface area (Å²) in [7, 11) is 0. The first-order chi connectivity index (χ1) is 15.3. The van der Waals surface area contributed by atoms with Crippen molar-refractivity contribution in [3.8, 4) is 45.0 Å². The molecule has 1 aliphatic carbocycles. The Labute approximate surface area is 189 Å². The van der Waals surface area contributed by atoms with Crippen molar-refractivity contribution in [1.82, 2.24) is 30.0 Å². The third kappa shape index (κ3) is 2.85. The van der Waals surface area contributed by atoms with Gasteiger partial charge in [0.25, 0.3) is 0 Å². The molecule has 0 fully saturated rings. The van der Waals surface area contributed by atoms with Gasteiger partial charge in [-0.1, -0.05) is 72.8 Å². The van der Waals surface area contributed by atoms with E-state index in [1.807, 2.05) is 0 Å². The summed E-state index contributed by atoms with van der Waals surface area (Å²) in [6, 6.07) is 16.9. The van der Waals surface area contributed by atoms with Crippen LogP contribution in [0.1, 0.15) is 54.4 Å². The van der Waals surface area contributed by atoms with Gasteiger partial charge in [-0.3, -0.25) is 0 Å². The zero-order valence-electron chi connectivity index (χ0n) is 19.7. The highest BCUT2D eigenvalue weighted by molar-refractivity contribution is 5.99. The molecule has 164 valence electrons. The minimum atomic E-state index is -0.174. The highest BCUT2D eigenvalue weighted by Crippen LogP contribution is 2.48. The van der Waals surface area contributed by atoms with Gasteiger partial charge >= 0.3 is 0 Å². The van der Waals surface area contributed by atoms with Gasteiger partial charge in [0, 0.05) is 22.3 Å². The Morgan fingerprint density at radius 3 is 1.28 bits per heavy atom. The van der Waals surface area contributed by atoms with Crippen LogP contribution in [-0.2, 0) is 11.1 Å². The first-order valence-electron chi connectivity index (χ1n) is 11.4. The fourth-order valence-corrected chi connectivity index (χ4v) is 4.35. The molecule has 2 aromatic heterocycles. The van der Waals surface area contributed by atoms with Crippen molar-refractivity contribution < 1.29 is 0 Å². The van der Waals surface area contributed by atoms with Crippen LogP contribution in [0, 0.1) is 0 Å². The number of benzene rings is 2. The molecule has 2 aromatic carbocycles. The zero-order chi connectivity index (χ0) is 22.7. The summed E-state index contributed by atoms with van der Waals surface area (Å²) in [5.41, 5.74) is 7.84. The summed E-state index contributed by atoms with van der Waals surface area (Å²) in [4.78, 5) is 0. The monoisotopic (exact) mass is 426 g/mol. The molecule has 2 heterocycles. The molecule has 0 saturated heterocycles. The molecule has 0 radical (unpaired) electrons. The minimum Gasteiger partial charge on any atom is -0.238 e. The van der Waals surface area contributed by atoms with Crippen molar-refractivity contribution in [2.75, 3.05) is 0 Å². The SMILES string of the molecule is CCC(C)(C)n1nnc2c1-c1ccccc1-c1nnn(C(C)(C)CC)c1-c1ccccc1-2. The quantitative estimate of drug-likeness (QED) is 0.346. The maximum Gasteiger partial charge on any atom is 0.121 e. The van der Waals surface area contributed by atoms with Crippen molar-refractivity contribution in [3.63, 3.8) is 0 Å². The van der Waals surface area contributed by atoms with Crippen LogP contribution >= 0.6 is 0 Å². The lowest BCUT2D eigenvalue weighted by molar-refractivity contribution is 0.304. The van der Waals surface area contributed by atoms with Crippen LogP contribution in [0.3, 0.4) is 0 Å². The molecular formula is C26H30N6. The Hall–Kier alpha value is -3.28. The van der Waals surface area contributed by atoms with Crippen LogP contribution in [0.5, 0.6) is 0 Å². The Morgan fingerprint density at radius 1 is 0.594 bits per heavy atom. The molecule has 5 rings (SSSR count). The van der Waals surface area contributed by atoms with E-state index in [4.69, 9.17) is 10.2 Å². The van der Waals surface area contributed by atoms with E-state index in [-0.39, 0.29) is 11.1 Å². The molecule has 0 spiro atoms. The minimum absolute atomic E-state index is 0.174. The first kappa shape index (κ1) is 20.6. The number of hydrogen-bond donors (Lipinski definition) is 0. The van der Waals surface area contributed by atoms with Crippen molar-refractivity contribution >= 4 is 0 Å². The van der Waals surface area contributed by atoms with Crippen LogP contribution in [0.4, 0.5) is 0 Å². The van der Waals surface area contributed by atoms with Crippen LogP contribution in [0.25, 0.3) is 45.0 Å². The molecule has 1 aliphatic rings. The fourth-order valence-electron chi connectivity index (χ4n) is 4.35. The van der Waals surface area contributed by atoms with Crippen LogP contribution < -0.4 is 0 Å². The van der Waals surface area contributed by atoms with Crippen LogP contribution in [0.15, 0.2) is 48.5 Å². The van der Waals surface area contributed by atoms with E-state index in [0.29, 0.717) is 0 Å². The van der Waals surface area contributed by atoms with Crippen LogP contribution in [0.2, 0.25) is 0 Å². The molecule has 4 aromatic rings. The summed E-state index contributed by atoms with van der Waals surface area (Å²) in [6.07, 6.45) is 1.89. The Kier molecular flexibility index (Phi) is 4.59. The van der Waals surface area contributed by atoms with Gasteiger partial charge in [0.2, 0.25) is 0 Å². The van der Waals surface area contributed by atoms with Gasteiger partial charge in [0.05, 0.1) is 22.5 Å². The number of hydrogen-bond acceptors (Lipinski definition) is 4. The fraction of sp³-hybridized carbons (Fsp3) is 0.385. The molecule has 6 nitrogen and oxygen atoms in total. The van der Waals surface area contributed by atoms with Gasteiger partial charge in [-0.2, -0.15) is 0 Å². The van der Waals surface area contributed by atoms with Crippen LogP contribution in [-0.4, -0.2) is 30.0 Å². The zero-order valence-corrected chi connectivity index (χ0v) is 19.7. The van der Waals surface area contributed by atoms with Crippen molar-refractivity contribution in [2.45, 2.75) is 65.5 Å². The average Bonchev–Trinajstić information content (AvgIpc) is 3.43. The maximum absolute atomic E-state index is 4.75. The van der Waals surface area contributed by atoms with E-state index in [9.17, 15) is 0 Å². The molecule has 0 unspecified atom stereocenters. The summed E-state index contributed by atoms with van der Waals surface area (Å²) < 4.78 is 4.17. The highest BCUT2D eigenvalue weighted by atomic mass is 15.5. The molecule has 0 atom stereocenters. The molecule has 0 N–H and O–H groups in total. The standard InChI is InChI=1S/C26H30N6/c1-7-25(3,4)31-23-19-15-11-9-13-17(19)22-24(32(30-28-22)26(5,6)8-2)20-16-12-10-14-18(20)21(23)27-29-31/h9-16H,7-8H2,1-6H3. The van der Waals surface area contributed by atoms with Gasteiger partial charge in [-0.05, 0) is 40.5 Å². The van der Waals surface area contributed by atoms with E-state index < -0.39 is 0 Å². The van der Waals surface area contributed by atoms with Crippen molar-refractivity contribution in [3.05, 3.63) is 48.5 Å². The molecule has 0 bridgehead atoms. The maximum atomic E-state index is 4.75. The number of rotatable bonds is 4. The molecule has 32 heavy (non-hydrogen) atoms. The van der Waals surface area contributed by atoms with E-state index in [1.165, 1.54) is 0 Å². The van der Waals surface area contributed by atoms with Gasteiger partial charge in [0.1, 0.15) is 11.4 Å². The van der Waals surface area contributed by atoms with E-state index in [2.05, 4.69) is 110 Å². The largest absolute Gasteiger partial charge is 0.238 e. The Balaban J connectivity index is 1.95. The smallest absolute Gasteiger partial charge is 0.121 e. The van der Waals surface area contributed by atoms with Crippen molar-refractivity contribution in [1.29, 1.82) is 0 Å². The predicted molar refractivity (Wildman–Crippen MR) is 128 cm³/mol. The van der Waals surface area contributed by atoms with E-state index in [1.54, 1.807) is 0 Å². The third-order valence-electron chi connectivity index (χ3n) is 7.09. The lowest BCUT2D eigenvalue weighted by atomic mass is 9.88. The van der Waals surface area contributed by atoms with Gasteiger partial charge in [-0.15, -0.1) is 10.2 Å². The summed E-state index contributed by atoms with van der Waals surface area (Å²) in [5.74, 6) is 0. The first-order valence-corrected chi connectivity index (χ1v) is 11.4. The summed E-state index contributed by atoms with van der Waals surface area (Å²) in [6.45, 7) is 13.2. The number of aromatic nitrogens is 6. The predicted octanol–water partition coefficient (Wildman–Crippen LogP) is 6.14. The molecule has 6 heteroatoms. The van der Waals surface area contributed by atoms with E-state index >= 15 is 0 Å². The van der Waals surface area contributed by atoms with E-state index in [0.717, 1.165) is 57.9 Å². The lowest BCUT2D eigenvalue weighted by Crippen LogP contribution is -2.28. The number of fused-ring (bicyclic) bond motifs is 8. The average molecular weight is 427 g/mol. The Morgan fingerprint density at radius 2 is 0.938 bits per heavy atom. The van der Waals surface area contributed by atoms with Gasteiger partial charge in [0.15, 0.2) is 0 Å². The second-order valence-corrected chi connectivity index (χ2v) is 9.82.